The van der Waals surface area contributed by atoms with Gasteiger partial charge in [-0.3, -0.25) is 0 Å². The lowest BCUT2D eigenvalue weighted by Crippen LogP contribution is -1.96. The molecule has 1 nitrogen and oxygen atoms in total. The highest BCUT2D eigenvalue weighted by Crippen LogP contribution is 2.32. The lowest BCUT2D eigenvalue weighted by Gasteiger charge is -2.06. The van der Waals surface area contributed by atoms with Crippen LogP contribution in [0.2, 0.25) is 0 Å². The molecular weight excluding hydrogens is 256 g/mol. The highest BCUT2D eigenvalue weighted by molar-refractivity contribution is 4.84. The Morgan fingerprint density at radius 1 is 0.714 bits per heavy atom. The molecule has 1 rings (SSSR count). The first-order chi connectivity index (χ1) is 10.3. The van der Waals surface area contributed by atoms with Gasteiger partial charge in [-0.15, -0.1) is 0 Å². The van der Waals surface area contributed by atoms with Crippen LogP contribution in [0.15, 0.2) is 0 Å². The van der Waals surface area contributed by atoms with Crippen molar-refractivity contribution in [3.63, 3.8) is 0 Å². The molecule has 1 saturated heterocycles. The number of rotatable bonds is 15. The summed E-state index contributed by atoms with van der Waals surface area (Å²) < 4.78 is 5.81. The van der Waals surface area contributed by atoms with Gasteiger partial charge >= 0.3 is 0 Å². The van der Waals surface area contributed by atoms with Crippen LogP contribution in [0.5, 0.6) is 0 Å². The van der Waals surface area contributed by atoms with Crippen LogP contribution in [0.4, 0.5) is 0 Å². The molecule has 0 saturated carbocycles. The molecule has 0 bridgehead atoms. The summed E-state index contributed by atoms with van der Waals surface area (Å²) in [7, 11) is 0. The van der Waals surface area contributed by atoms with Crippen molar-refractivity contribution in [2.24, 2.45) is 5.92 Å². The average molecular weight is 297 g/mol. The molecule has 1 heteroatoms. The molecular formula is C20H40O. The standard InChI is InChI=1S/C20H40O/c1-4-6-7-8-9-10-11-12-16-19-20(21-19)17-14-13-15-18(3)5-2/h18-20H,4-17H2,1-3H3/t18?,19-,20+/m0/s1. The molecule has 0 radical (unpaired) electrons. The molecule has 21 heavy (non-hydrogen) atoms. The molecule has 3 atom stereocenters. The zero-order valence-electron chi connectivity index (χ0n) is 15.0. The van der Waals surface area contributed by atoms with E-state index in [9.17, 15) is 0 Å². The molecule has 0 aromatic rings. The van der Waals surface area contributed by atoms with E-state index in [2.05, 4.69) is 20.8 Å². The van der Waals surface area contributed by atoms with E-state index >= 15 is 0 Å². The van der Waals surface area contributed by atoms with Gasteiger partial charge in [-0.1, -0.05) is 97.8 Å². The summed E-state index contributed by atoms with van der Waals surface area (Å²) in [6, 6.07) is 0. The first-order valence-electron chi connectivity index (χ1n) is 9.93. The smallest absolute Gasteiger partial charge is 0.0841 e. The van der Waals surface area contributed by atoms with E-state index in [0.29, 0.717) is 12.2 Å². The van der Waals surface area contributed by atoms with Crippen molar-refractivity contribution >= 4 is 0 Å². The Kier molecular flexibility index (Phi) is 11.3. The van der Waals surface area contributed by atoms with Crippen molar-refractivity contribution in [1.82, 2.24) is 0 Å². The molecule has 1 heterocycles. The van der Waals surface area contributed by atoms with Gasteiger partial charge in [0.1, 0.15) is 0 Å². The van der Waals surface area contributed by atoms with Crippen molar-refractivity contribution in [2.45, 2.75) is 123 Å². The van der Waals surface area contributed by atoms with Crippen molar-refractivity contribution in [3.8, 4) is 0 Å². The number of hydrogen-bond acceptors (Lipinski definition) is 1. The fourth-order valence-corrected chi connectivity index (χ4v) is 3.21. The van der Waals surface area contributed by atoms with Crippen molar-refractivity contribution < 1.29 is 4.74 Å². The Bertz CT molecular complexity index is 226. The summed E-state index contributed by atoms with van der Waals surface area (Å²) >= 11 is 0. The van der Waals surface area contributed by atoms with Crippen LogP contribution < -0.4 is 0 Å². The van der Waals surface area contributed by atoms with Crippen LogP contribution in [0.25, 0.3) is 0 Å². The molecule has 1 aliphatic rings. The van der Waals surface area contributed by atoms with Gasteiger partial charge in [0.25, 0.3) is 0 Å². The Labute approximate surface area is 134 Å². The molecule has 0 N–H and O–H groups in total. The van der Waals surface area contributed by atoms with E-state index < -0.39 is 0 Å². The minimum absolute atomic E-state index is 0.631. The molecule has 0 spiro atoms. The second-order valence-corrected chi connectivity index (χ2v) is 7.27. The SMILES string of the molecule is CCCCCCCCCC[C@@H]1O[C@@H]1CCCCC(C)CC. The predicted molar refractivity (Wildman–Crippen MR) is 93.8 cm³/mol. The molecule has 1 fully saturated rings. The van der Waals surface area contributed by atoms with Crippen LogP contribution in [0.3, 0.4) is 0 Å². The van der Waals surface area contributed by atoms with Crippen LogP contribution in [-0.4, -0.2) is 12.2 Å². The van der Waals surface area contributed by atoms with E-state index in [1.165, 1.54) is 89.9 Å². The summed E-state index contributed by atoms with van der Waals surface area (Å²) in [6.45, 7) is 6.96. The summed E-state index contributed by atoms with van der Waals surface area (Å²) in [4.78, 5) is 0. The zero-order valence-corrected chi connectivity index (χ0v) is 15.0. The minimum atomic E-state index is 0.631. The Morgan fingerprint density at radius 3 is 1.81 bits per heavy atom. The summed E-state index contributed by atoms with van der Waals surface area (Å²) in [6.07, 6.45) is 20.8. The number of ether oxygens (including phenoxy) is 1. The fraction of sp³-hybridized carbons (Fsp3) is 1.00. The fourth-order valence-electron chi connectivity index (χ4n) is 3.21. The van der Waals surface area contributed by atoms with Gasteiger partial charge < -0.3 is 4.74 Å². The number of epoxide rings is 1. The van der Waals surface area contributed by atoms with Crippen LogP contribution in [0.1, 0.15) is 111 Å². The third-order valence-corrected chi connectivity index (χ3v) is 5.16. The monoisotopic (exact) mass is 296 g/mol. The number of unbranched alkanes of at least 4 members (excludes halogenated alkanes) is 8. The molecule has 0 aliphatic carbocycles. The predicted octanol–water partition coefficient (Wildman–Crippen LogP) is 6.89. The second kappa shape index (κ2) is 12.5. The van der Waals surface area contributed by atoms with Gasteiger partial charge in [0, 0.05) is 0 Å². The van der Waals surface area contributed by atoms with Crippen LogP contribution in [0, 0.1) is 5.92 Å². The summed E-state index contributed by atoms with van der Waals surface area (Å²) in [5, 5.41) is 0. The Balaban J connectivity index is 1.78. The van der Waals surface area contributed by atoms with Gasteiger partial charge in [-0.25, -0.2) is 0 Å². The van der Waals surface area contributed by atoms with Crippen molar-refractivity contribution in [3.05, 3.63) is 0 Å². The molecule has 126 valence electrons. The third-order valence-electron chi connectivity index (χ3n) is 5.16. The highest BCUT2D eigenvalue weighted by atomic mass is 16.6. The molecule has 0 amide bonds. The maximum absolute atomic E-state index is 5.81. The lowest BCUT2D eigenvalue weighted by atomic mass is 9.99. The average Bonchev–Trinajstić information content (AvgIpc) is 3.24. The van der Waals surface area contributed by atoms with Gasteiger partial charge in [0.15, 0.2) is 0 Å². The zero-order chi connectivity index (χ0) is 15.3. The van der Waals surface area contributed by atoms with Crippen molar-refractivity contribution in [1.29, 1.82) is 0 Å². The lowest BCUT2D eigenvalue weighted by molar-refractivity contribution is 0.345. The molecule has 0 aromatic carbocycles. The Hall–Kier alpha value is -0.0400. The quantitative estimate of drug-likeness (QED) is 0.237. The molecule has 1 aliphatic heterocycles. The van der Waals surface area contributed by atoms with E-state index in [1.54, 1.807) is 0 Å². The van der Waals surface area contributed by atoms with Gasteiger partial charge in [0.2, 0.25) is 0 Å². The minimum Gasteiger partial charge on any atom is -0.370 e. The van der Waals surface area contributed by atoms with Gasteiger partial charge in [0.05, 0.1) is 12.2 Å². The largest absolute Gasteiger partial charge is 0.370 e. The topological polar surface area (TPSA) is 12.5 Å². The second-order valence-electron chi connectivity index (χ2n) is 7.27. The van der Waals surface area contributed by atoms with Crippen LogP contribution in [-0.2, 0) is 4.74 Å². The van der Waals surface area contributed by atoms with E-state index in [1.807, 2.05) is 0 Å². The highest BCUT2D eigenvalue weighted by Gasteiger charge is 2.36. The summed E-state index contributed by atoms with van der Waals surface area (Å²) in [5.41, 5.74) is 0. The first-order valence-corrected chi connectivity index (χ1v) is 9.93. The van der Waals surface area contributed by atoms with E-state index in [4.69, 9.17) is 4.74 Å². The maximum Gasteiger partial charge on any atom is 0.0841 e. The molecule has 1 unspecified atom stereocenters. The van der Waals surface area contributed by atoms with Crippen molar-refractivity contribution in [2.75, 3.05) is 0 Å². The Morgan fingerprint density at radius 2 is 1.24 bits per heavy atom. The molecule has 0 aromatic heterocycles. The van der Waals surface area contributed by atoms with Gasteiger partial charge in [-0.2, -0.15) is 0 Å². The maximum atomic E-state index is 5.81. The normalized spacial score (nSPS) is 22.4. The van der Waals surface area contributed by atoms with E-state index in [-0.39, 0.29) is 0 Å². The summed E-state index contributed by atoms with van der Waals surface area (Å²) in [5.74, 6) is 0.915. The van der Waals surface area contributed by atoms with E-state index in [0.717, 1.165) is 5.92 Å². The van der Waals surface area contributed by atoms with Crippen LogP contribution >= 0.6 is 0 Å². The first kappa shape index (κ1) is 19.0. The van der Waals surface area contributed by atoms with Gasteiger partial charge in [-0.05, 0) is 18.8 Å². The third kappa shape index (κ3) is 10.3. The number of hydrogen-bond donors (Lipinski definition) is 0.